The number of hydrogen-bond acceptors (Lipinski definition) is 7. The first kappa shape index (κ1) is 13.9. The first-order valence-electron chi connectivity index (χ1n) is 6.87. The molecule has 0 saturated carbocycles. The van der Waals surface area contributed by atoms with Crippen molar-refractivity contribution in [3.05, 3.63) is 34.0 Å². The van der Waals surface area contributed by atoms with Crippen molar-refractivity contribution in [3.8, 4) is 6.07 Å². The van der Waals surface area contributed by atoms with Gasteiger partial charge in [-0.15, -0.1) is 21.5 Å². The van der Waals surface area contributed by atoms with Gasteiger partial charge in [-0.25, -0.2) is 4.98 Å². The van der Waals surface area contributed by atoms with Crippen molar-refractivity contribution in [2.24, 2.45) is 0 Å². The zero-order valence-corrected chi connectivity index (χ0v) is 12.7. The highest BCUT2D eigenvalue weighted by molar-refractivity contribution is 7.11. The van der Waals surface area contributed by atoms with Crippen molar-refractivity contribution in [2.75, 3.05) is 31.1 Å². The molecular weight excluding hydrogens is 284 g/mol. The minimum Gasteiger partial charge on any atom is -0.369 e. The summed E-state index contributed by atoms with van der Waals surface area (Å²) in [6.45, 7) is 6.74. The van der Waals surface area contributed by atoms with Crippen molar-refractivity contribution in [2.45, 2.75) is 13.5 Å². The summed E-state index contributed by atoms with van der Waals surface area (Å²) in [6.07, 6.45) is 1.70. The monoisotopic (exact) mass is 300 g/mol. The quantitative estimate of drug-likeness (QED) is 0.854. The first-order chi connectivity index (χ1) is 10.2. The largest absolute Gasteiger partial charge is 0.369 e. The Morgan fingerprint density at radius 2 is 2.10 bits per heavy atom. The van der Waals surface area contributed by atoms with Crippen molar-refractivity contribution in [1.82, 2.24) is 20.1 Å². The molecule has 0 bridgehead atoms. The van der Waals surface area contributed by atoms with E-state index in [1.165, 1.54) is 0 Å². The summed E-state index contributed by atoms with van der Waals surface area (Å²) < 4.78 is 0. The smallest absolute Gasteiger partial charge is 0.142 e. The zero-order valence-electron chi connectivity index (χ0n) is 11.9. The lowest BCUT2D eigenvalue weighted by molar-refractivity contribution is 0.249. The molecule has 7 heteroatoms. The minimum absolute atomic E-state index is 0.472. The Morgan fingerprint density at radius 3 is 2.76 bits per heavy atom. The van der Waals surface area contributed by atoms with Crippen LogP contribution in [-0.4, -0.2) is 46.3 Å². The van der Waals surface area contributed by atoms with E-state index in [4.69, 9.17) is 5.26 Å². The molecular formula is C14H16N6S. The fraction of sp³-hybridized carbons (Fsp3) is 0.429. The van der Waals surface area contributed by atoms with Crippen molar-refractivity contribution in [1.29, 1.82) is 5.26 Å². The van der Waals surface area contributed by atoms with Gasteiger partial charge in [0.25, 0.3) is 0 Å². The molecule has 108 valence electrons. The molecule has 1 aliphatic rings. The highest BCUT2D eigenvalue weighted by atomic mass is 32.1. The second kappa shape index (κ2) is 6.16. The number of pyridine rings is 1. The fourth-order valence-electron chi connectivity index (χ4n) is 2.43. The molecule has 3 heterocycles. The number of aromatic nitrogens is 3. The molecule has 0 amide bonds. The Morgan fingerprint density at radius 1 is 1.29 bits per heavy atom. The molecule has 0 N–H and O–H groups in total. The van der Waals surface area contributed by atoms with E-state index in [0.717, 1.165) is 48.4 Å². The number of nitriles is 1. The van der Waals surface area contributed by atoms with Crippen LogP contribution in [0.4, 0.5) is 5.69 Å². The third-order valence-electron chi connectivity index (χ3n) is 3.52. The summed E-state index contributed by atoms with van der Waals surface area (Å²) in [6, 6.07) is 5.90. The topological polar surface area (TPSA) is 68.9 Å². The molecule has 2 aromatic rings. The first-order valence-corrected chi connectivity index (χ1v) is 7.69. The highest BCUT2D eigenvalue weighted by Crippen LogP contribution is 2.18. The van der Waals surface area contributed by atoms with E-state index >= 15 is 0 Å². The number of aryl methyl sites for hydroxylation is 1. The van der Waals surface area contributed by atoms with Crippen LogP contribution in [-0.2, 0) is 6.54 Å². The minimum atomic E-state index is 0.472. The van der Waals surface area contributed by atoms with Crippen LogP contribution in [0.25, 0.3) is 0 Å². The van der Waals surface area contributed by atoms with Crippen LogP contribution in [0.3, 0.4) is 0 Å². The van der Waals surface area contributed by atoms with E-state index in [-0.39, 0.29) is 0 Å². The van der Waals surface area contributed by atoms with Gasteiger partial charge in [0.15, 0.2) is 0 Å². The fourth-order valence-corrected chi connectivity index (χ4v) is 3.19. The highest BCUT2D eigenvalue weighted by Gasteiger charge is 2.18. The summed E-state index contributed by atoms with van der Waals surface area (Å²) in [7, 11) is 0. The normalized spacial score (nSPS) is 15.9. The van der Waals surface area contributed by atoms with Gasteiger partial charge in [0.2, 0.25) is 0 Å². The molecule has 3 rings (SSSR count). The molecule has 6 nitrogen and oxygen atoms in total. The predicted molar refractivity (Wildman–Crippen MR) is 81.1 cm³/mol. The van der Waals surface area contributed by atoms with Gasteiger partial charge in [-0.2, -0.15) is 5.26 Å². The van der Waals surface area contributed by atoms with E-state index < -0.39 is 0 Å². The lowest BCUT2D eigenvalue weighted by Gasteiger charge is -2.35. The molecule has 0 spiro atoms. The maximum Gasteiger partial charge on any atom is 0.142 e. The van der Waals surface area contributed by atoms with Gasteiger partial charge in [-0.3, -0.25) is 4.90 Å². The second-order valence-corrected chi connectivity index (χ2v) is 6.26. The molecule has 21 heavy (non-hydrogen) atoms. The molecule has 1 fully saturated rings. The van der Waals surface area contributed by atoms with E-state index in [9.17, 15) is 0 Å². The molecule has 0 aromatic carbocycles. The van der Waals surface area contributed by atoms with Crippen molar-refractivity contribution < 1.29 is 0 Å². The number of rotatable bonds is 3. The lowest BCUT2D eigenvalue weighted by atomic mass is 10.2. The lowest BCUT2D eigenvalue weighted by Crippen LogP contribution is -2.46. The molecule has 0 aliphatic carbocycles. The Kier molecular flexibility index (Phi) is 4.08. The molecule has 0 radical (unpaired) electrons. The number of hydrogen-bond donors (Lipinski definition) is 0. The van der Waals surface area contributed by atoms with Crippen molar-refractivity contribution in [3.63, 3.8) is 0 Å². The Bertz CT molecular complexity index is 653. The van der Waals surface area contributed by atoms with Gasteiger partial charge in [-0.1, -0.05) is 0 Å². The van der Waals surface area contributed by atoms with Gasteiger partial charge in [-0.05, 0) is 19.1 Å². The number of anilines is 1. The third kappa shape index (κ3) is 3.35. The van der Waals surface area contributed by atoms with E-state index in [2.05, 4.69) is 31.1 Å². The summed E-state index contributed by atoms with van der Waals surface area (Å²) in [5.74, 6) is 0. The van der Waals surface area contributed by atoms with Crippen LogP contribution in [0.1, 0.15) is 15.7 Å². The molecule has 1 aliphatic heterocycles. The van der Waals surface area contributed by atoms with E-state index in [0.29, 0.717) is 5.69 Å². The molecule has 0 unspecified atom stereocenters. The number of piperazine rings is 1. The Hall–Kier alpha value is -2.04. The Balaban J connectivity index is 1.58. The number of nitrogens with zero attached hydrogens (tertiary/aromatic N) is 6. The standard InChI is InChI=1S/C14H16N6S/c1-11-17-18-14(21-11)10-19-4-6-20(7-5-19)13-2-3-16-12(8-13)9-15/h2-3,8H,4-7,10H2,1H3. The summed E-state index contributed by atoms with van der Waals surface area (Å²) in [5.41, 5.74) is 1.55. The van der Waals surface area contributed by atoms with Gasteiger partial charge in [0.1, 0.15) is 21.8 Å². The summed E-state index contributed by atoms with van der Waals surface area (Å²) >= 11 is 1.66. The summed E-state index contributed by atoms with van der Waals surface area (Å²) in [5, 5.41) is 19.3. The average molecular weight is 300 g/mol. The Labute approximate surface area is 127 Å². The maximum atomic E-state index is 8.92. The van der Waals surface area contributed by atoms with Gasteiger partial charge in [0, 0.05) is 38.1 Å². The second-order valence-electron chi connectivity index (χ2n) is 4.99. The SMILES string of the molecule is Cc1nnc(CN2CCN(c3ccnc(C#N)c3)CC2)s1. The van der Waals surface area contributed by atoms with Crippen LogP contribution in [0.15, 0.2) is 18.3 Å². The van der Waals surface area contributed by atoms with Crippen LogP contribution in [0.5, 0.6) is 0 Å². The van der Waals surface area contributed by atoms with Gasteiger partial charge >= 0.3 is 0 Å². The van der Waals surface area contributed by atoms with Crippen molar-refractivity contribution >= 4 is 17.0 Å². The summed E-state index contributed by atoms with van der Waals surface area (Å²) in [4.78, 5) is 8.70. The van der Waals surface area contributed by atoms with Gasteiger partial charge in [0.05, 0.1) is 6.54 Å². The van der Waals surface area contributed by atoms with Crippen LogP contribution in [0.2, 0.25) is 0 Å². The molecule has 0 atom stereocenters. The average Bonchev–Trinajstić information content (AvgIpc) is 2.93. The predicted octanol–water partition coefficient (Wildman–Crippen LogP) is 1.44. The zero-order chi connectivity index (χ0) is 14.7. The third-order valence-corrected chi connectivity index (χ3v) is 4.35. The van der Waals surface area contributed by atoms with Crippen LogP contribution in [0, 0.1) is 18.3 Å². The van der Waals surface area contributed by atoms with Gasteiger partial charge < -0.3 is 4.90 Å². The van der Waals surface area contributed by atoms with E-state index in [1.54, 1.807) is 17.5 Å². The molecule has 1 saturated heterocycles. The maximum absolute atomic E-state index is 8.92. The van der Waals surface area contributed by atoms with Crippen LogP contribution >= 0.6 is 11.3 Å². The molecule has 2 aromatic heterocycles. The van der Waals surface area contributed by atoms with Crippen LogP contribution < -0.4 is 4.90 Å². The van der Waals surface area contributed by atoms with E-state index in [1.807, 2.05) is 19.1 Å².